The number of carbonyl (C=O) groups is 1. The summed E-state index contributed by atoms with van der Waals surface area (Å²) in [5, 5.41) is 13.4. The van der Waals surface area contributed by atoms with Crippen molar-refractivity contribution in [3.63, 3.8) is 0 Å². The Morgan fingerprint density at radius 1 is 1.27 bits per heavy atom. The Morgan fingerprint density at radius 2 is 2.08 bits per heavy atom. The molecule has 0 aliphatic heterocycles. The van der Waals surface area contributed by atoms with Gasteiger partial charge in [0.25, 0.3) is 0 Å². The molecular weight excluding hydrogens is 396 g/mol. The van der Waals surface area contributed by atoms with Gasteiger partial charge in [0.05, 0.1) is 25.3 Å². The maximum absolute atomic E-state index is 10.7. The van der Waals surface area contributed by atoms with E-state index in [0.717, 1.165) is 40.2 Å². The lowest BCUT2D eigenvalue weighted by Gasteiger charge is -2.13. The lowest BCUT2D eigenvalue weighted by Crippen LogP contribution is -2.08. The minimum atomic E-state index is -0.803. The van der Waals surface area contributed by atoms with Crippen LogP contribution in [0.4, 0.5) is 0 Å². The van der Waals surface area contributed by atoms with E-state index in [4.69, 9.17) is 9.84 Å². The van der Waals surface area contributed by atoms with Gasteiger partial charge in [0.1, 0.15) is 5.75 Å². The largest absolute Gasteiger partial charge is 0.493 e. The normalized spacial score (nSPS) is 10.9. The molecule has 0 bridgehead atoms. The number of ether oxygens (including phenoxy) is 1. The van der Waals surface area contributed by atoms with Gasteiger partial charge in [-0.3, -0.25) is 9.48 Å². The summed E-state index contributed by atoms with van der Waals surface area (Å²) in [6, 6.07) is 7.98. The number of aryl methyl sites for hydroxylation is 2. The predicted molar refractivity (Wildman–Crippen MR) is 106 cm³/mol. The van der Waals surface area contributed by atoms with Crippen molar-refractivity contribution in [3.05, 3.63) is 45.7 Å². The van der Waals surface area contributed by atoms with Crippen LogP contribution in [0.15, 0.2) is 28.7 Å². The van der Waals surface area contributed by atoms with Gasteiger partial charge in [0.15, 0.2) is 0 Å². The van der Waals surface area contributed by atoms with Crippen LogP contribution in [0.5, 0.6) is 5.75 Å². The average molecular weight is 423 g/mol. The van der Waals surface area contributed by atoms with Crippen molar-refractivity contribution in [2.45, 2.75) is 58.9 Å². The summed E-state index contributed by atoms with van der Waals surface area (Å²) in [5.74, 6) is 0.0784. The number of carboxylic acid groups (broad SMARTS) is 1. The maximum atomic E-state index is 10.7. The van der Waals surface area contributed by atoms with E-state index in [0.29, 0.717) is 13.0 Å². The molecule has 1 aromatic heterocycles. The second-order valence-electron chi connectivity index (χ2n) is 6.49. The first kappa shape index (κ1) is 20.5. The summed E-state index contributed by atoms with van der Waals surface area (Å²) in [7, 11) is 0. The highest BCUT2D eigenvalue weighted by Crippen LogP contribution is 2.25. The molecule has 0 unspecified atom stereocenters. The molecule has 142 valence electrons. The van der Waals surface area contributed by atoms with Gasteiger partial charge in [-0.1, -0.05) is 42.1 Å². The van der Waals surface area contributed by atoms with Crippen LogP contribution >= 0.6 is 15.9 Å². The fraction of sp³-hybridized carbons (Fsp3) is 0.500. The third-order valence-electron chi connectivity index (χ3n) is 4.22. The third kappa shape index (κ3) is 6.48. The Kier molecular flexibility index (Phi) is 8.16. The second-order valence-corrected chi connectivity index (χ2v) is 7.41. The first-order chi connectivity index (χ1) is 12.5. The summed E-state index contributed by atoms with van der Waals surface area (Å²) in [4.78, 5) is 10.7. The van der Waals surface area contributed by atoms with E-state index in [-0.39, 0.29) is 6.42 Å². The van der Waals surface area contributed by atoms with Gasteiger partial charge in [-0.05, 0) is 37.6 Å². The van der Waals surface area contributed by atoms with Crippen LogP contribution in [0.2, 0.25) is 0 Å². The highest BCUT2D eigenvalue weighted by atomic mass is 79.9. The Hall–Kier alpha value is -1.82. The smallest absolute Gasteiger partial charge is 0.303 e. The van der Waals surface area contributed by atoms with Crippen molar-refractivity contribution < 1.29 is 14.6 Å². The second kappa shape index (κ2) is 10.4. The molecule has 2 rings (SSSR count). The number of unbranched alkanes of at least 4 members (excludes halogenated alkanes) is 3. The van der Waals surface area contributed by atoms with Gasteiger partial charge in [0.2, 0.25) is 0 Å². The van der Waals surface area contributed by atoms with Crippen LogP contribution in [0.25, 0.3) is 0 Å². The monoisotopic (exact) mass is 422 g/mol. The fourth-order valence-electron chi connectivity index (χ4n) is 2.78. The Balaban J connectivity index is 2.05. The molecule has 6 heteroatoms. The molecule has 26 heavy (non-hydrogen) atoms. The van der Waals surface area contributed by atoms with Crippen LogP contribution in [0.1, 0.15) is 56.0 Å². The molecule has 1 aromatic carbocycles. The van der Waals surface area contributed by atoms with E-state index in [2.05, 4.69) is 34.0 Å². The van der Waals surface area contributed by atoms with Crippen molar-refractivity contribution >= 4 is 21.9 Å². The molecule has 0 atom stereocenters. The Bertz CT molecular complexity index is 728. The molecule has 0 spiro atoms. The van der Waals surface area contributed by atoms with Crippen LogP contribution < -0.4 is 4.74 Å². The molecule has 0 radical (unpaired) electrons. The van der Waals surface area contributed by atoms with Crippen LogP contribution in [0.3, 0.4) is 0 Å². The van der Waals surface area contributed by atoms with Crippen molar-refractivity contribution in [1.29, 1.82) is 0 Å². The summed E-state index contributed by atoms with van der Waals surface area (Å²) in [6.07, 6.45) is 5.24. The SMILES string of the molecule is CCCCCCOc1ccc(Br)cc1Cn1nc(CCC(=O)O)cc1C. The van der Waals surface area contributed by atoms with E-state index in [1.807, 2.05) is 29.8 Å². The first-order valence-electron chi connectivity index (χ1n) is 9.16. The number of rotatable bonds is 11. The van der Waals surface area contributed by atoms with E-state index in [1.54, 1.807) is 0 Å². The van der Waals surface area contributed by atoms with Gasteiger partial charge >= 0.3 is 5.97 Å². The molecular formula is C20H27BrN2O3. The highest BCUT2D eigenvalue weighted by Gasteiger charge is 2.11. The lowest BCUT2D eigenvalue weighted by molar-refractivity contribution is -0.136. The summed E-state index contributed by atoms with van der Waals surface area (Å²) in [5.41, 5.74) is 2.88. The minimum absolute atomic E-state index is 0.0967. The van der Waals surface area contributed by atoms with Crippen molar-refractivity contribution in [2.75, 3.05) is 6.61 Å². The van der Waals surface area contributed by atoms with Crippen molar-refractivity contribution in [3.8, 4) is 5.75 Å². The lowest BCUT2D eigenvalue weighted by atomic mass is 10.2. The molecule has 0 aliphatic rings. The third-order valence-corrected chi connectivity index (χ3v) is 4.72. The van der Waals surface area contributed by atoms with Crippen LogP contribution in [-0.2, 0) is 17.8 Å². The van der Waals surface area contributed by atoms with Gasteiger partial charge < -0.3 is 9.84 Å². The molecule has 0 saturated heterocycles. The zero-order valence-corrected chi connectivity index (χ0v) is 17.1. The molecule has 0 fully saturated rings. The van der Waals surface area contributed by atoms with E-state index in [9.17, 15) is 4.79 Å². The zero-order chi connectivity index (χ0) is 18.9. The van der Waals surface area contributed by atoms with Gasteiger partial charge in [-0.15, -0.1) is 0 Å². The number of halogens is 1. The summed E-state index contributed by atoms with van der Waals surface area (Å²) in [6.45, 7) is 5.50. The van der Waals surface area contributed by atoms with Crippen molar-refractivity contribution in [2.24, 2.45) is 0 Å². The molecule has 1 heterocycles. The number of aliphatic carboxylic acids is 1. The molecule has 1 N–H and O–H groups in total. The Morgan fingerprint density at radius 3 is 2.81 bits per heavy atom. The number of aromatic nitrogens is 2. The quantitative estimate of drug-likeness (QED) is 0.518. The molecule has 0 amide bonds. The summed E-state index contributed by atoms with van der Waals surface area (Å²) >= 11 is 3.53. The number of hydrogen-bond donors (Lipinski definition) is 1. The van der Waals surface area contributed by atoms with Gasteiger partial charge in [-0.2, -0.15) is 5.10 Å². The van der Waals surface area contributed by atoms with Gasteiger partial charge in [0, 0.05) is 22.2 Å². The number of hydrogen-bond acceptors (Lipinski definition) is 3. The maximum Gasteiger partial charge on any atom is 0.303 e. The standard InChI is InChI=1S/C20H27BrN2O3/c1-3-4-5-6-11-26-19-9-7-17(21)13-16(19)14-23-15(2)12-18(22-23)8-10-20(24)25/h7,9,12-13H,3-6,8,10-11,14H2,1-2H3,(H,24,25). The van der Waals surface area contributed by atoms with E-state index < -0.39 is 5.97 Å². The van der Waals surface area contributed by atoms with Crippen LogP contribution in [-0.4, -0.2) is 27.5 Å². The minimum Gasteiger partial charge on any atom is -0.493 e. The van der Waals surface area contributed by atoms with Crippen molar-refractivity contribution in [1.82, 2.24) is 9.78 Å². The van der Waals surface area contributed by atoms with Gasteiger partial charge in [-0.25, -0.2) is 0 Å². The zero-order valence-electron chi connectivity index (χ0n) is 15.5. The number of nitrogens with zero attached hydrogens (tertiary/aromatic N) is 2. The first-order valence-corrected chi connectivity index (χ1v) is 9.95. The summed E-state index contributed by atoms with van der Waals surface area (Å²) < 4.78 is 8.90. The molecule has 0 aliphatic carbocycles. The average Bonchev–Trinajstić information content (AvgIpc) is 2.94. The predicted octanol–water partition coefficient (Wildman–Crippen LogP) is 4.98. The fourth-order valence-corrected chi connectivity index (χ4v) is 3.19. The topological polar surface area (TPSA) is 64.4 Å². The van der Waals surface area contributed by atoms with Crippen LogP contribution in [0, 0.1) is 6.92 Å². The Labute approximate surface area is 163 Å². The highest BCUT2D eigenvalue weighted by molar-refractivity contribution is 9.10. The van der Waals surface area contributed by atoms with E-state index >= 15 is 0 Å². The molecule has 0 saturated carbocycles. The molecule has 5 nitrogen and oxygen atoms in total. The number of benzene rings is 1. The molecule has 2 aromatic rings. The number of carboxylic acids is 1. The van der Waals surface area contributed by atoms with E-state index in [1.165, 1.54) is 19.3 Å².